The lowest BCUT2D eigenvalue weighted by atomic mass is 9.85. The summed E-state index contributed by atoms with van der Waals surface area (Å²) >= 11 is 17.7. The highest BCUT2D eigenvalue weighted by Crippen LogP contribution is 2.25. The Morgan fingerprint density at radius 1 is 1.17 bits per heavy atom. The van der Waals surface area contributed by atoms with Crippen LogP contribution in [0.4, 0.5) is 0 Å². The maximum atomic E-state index is 6.00. The Bertz CT molecular complexity index is 385. The third kappa shape index (κ3) is 4.97. The Morgan fingerprint density at radius 3 is 2.33 bits per heavy atom. The van der Waals surface area contributed by atoms with E-state index in [-0.39, 0.29) is 5.41 Å². The molecule has 0 amide bonds. The molecule has 1 aromatic rings. The summed E-state index contributed by atoms with van der Waals surface area (Å²) in [7, 11) is 0. The van der Waals surface area contributed by atoms with Crippen LogP contribution in [0.3, 0.4) is 0 Å². The molecule has 0 spiro atoms. The van der Waals surface area contributed by atoms with Crippen LogP contribution in [0, 0.1) is 5.41 Å². The molecule has 18 heavy (non-hydrogen) atoms. The van der Waals surface area contributed by atoms with Gasteiger partial charge in [-0.2, -0.15) is 0 Å². The van der Waals surface area contributed by atoms with Gasteiger partial charge in [0.15, 0.2) is 0 Å². The number of hydrogen-bond acceptors (Lipinski definition) is 1. The van der Waals surface area contributed by atoms with E-state index in [1.54, 1.807) is 0 Å². The van der Waals surface area contributed by atoms with E-state index >= 15 is 0 Å². The van der Waals surface area contributed by atoms with E-state index in [0.717, 1.165) is 18.5 Å². The maximum Gasteiger partial charge on any atom is 0.0595 e. The fourth-order valence-electron chi connectivity index (χ4n) is 1.84. The molecule has 0 fully saturated rings. The summed E-state index contributed by atoms with van der Waals surface area (Å²) in [5, 5.41) is 4.73. The molecule has 0 aliphatic heterocycles. The highest BCUT2D eigenvalue weighted by molar-refractivity contribution is 6.42. The number of alkyl halides is 1. The predicted molar refractivity (Wildman–Crippen MR) is 81.9 cm³/mol. The topological polar surface area (TPSA) is 12.0 Å². The molecule has 1 rings (SSSR count). The lowest BCUT2D eigenvalue weighted by molar-refractivity contribution is 0.260. The van der Waals surface area contributed by atoms with Crippen molar-refractivity contribution in [2.75, 3.05) is 5.88 Å². The minimum Gasteiger partial charge on any atom is -0.309 e. The second-order valence-corrected chi connectivity index (χ2v) is 6.72. The average molecular weight is 309 g/mol. The Morgan fingerprint density at radius 2 is 1.83 bits per heavy atom. The third-order valence-corrected chi connectivity index (χ3v) is 3.94. The maximum absolute atomic E-state index is 6.00. The van der Waals surface area contributed by atoms with Crippen LogP contribution in [-0.2, 0) is 6.54 Å². The fraction of sp³-hybridized carbons (Fsp3) is 0.571. The number of benzene rings is 1. The molecule has 0 aliphatic carbocycles. The molecule has 0 aliphatic rings. The molecule has 1 unspecified atom stereocenters. The van der Waals surface area contributed by atoms with Gasteiger partial charge in [0.2, 0.25) is 0 Å². The Balaban J connectivity index is 2.64. The zero-order valence-corrected chi connectivity index (χ0v) is 13.3. The molecule has 0 heterocycles. The zero-order valence-electron chi connectivity index (χ0n) is 11.1. The number of rotatable bonds is 5. The minimum absolute atomic E-state index is 0.186. The largest absolute Gasteiger partial charge is 0.309 e. The lowest BCUT2D eigenvalue weighted by Crippen LogP contribution is -2.40. The van der Waals surface area contributed by atoms with Crippen molar-refractivity contribution in [1.82, 2.24) is 5.32 Å². The fourth-order valence-corrected chi connectivity index (χ4v) is 2.38. The van der Waals surface area contributed by atoms with Gasteiger partial charge in [0, 0.05) is 18.5 Å². The van der Waals surface area contributed by atoms with E-state index in [2.05, 4.69) is 26.1 Å². The van der Waals surface area contributed by atoms with Gasteiger partial charge >= 0.3 is 0 Å². The summed E-state index contributed by atoms with van der Waals surface area (Å²) in [5.41, 5.74) is 1.32. The predicted octanol–water partition coefficient (Wildman–Crippen LogP) is 5.13. The van der Waals surface area contributed by atoms with Crippen LogP contribution in [-0.4, -0.2) is 11.9 Å². The van der Waals surface area contributed by atoms with Crippen molar-refractivity contribution in [3.63, 3.8) is 0 Å². The molecule has 1 atom stereocenters. The summed E-state index contributed by atoms with van der Waals surface area (Å²) in [6.07, 6.45) is 0.951. The van der Waals surface area contributed by atoms with Crippen molar-refractivity contribution in [2.45, 2.75) is 39.8 Å². The van der Waals surface area contributed by atoms with Crippen molar-refractivity contribution in [3.8, 4) is 0 Å². The van der Waals surface area contributed by atoms with Gasteiger partial charge in [-0.15, -0.1) is 11.6 Å². The van der Waals surface area contributed by atoms with Crippen molar-refractivity contribution < 1.29 is 0 Å². The van der Waals surface area contributed by atoms with Crippen molar-refractivity contribution in [2.24, 2.45) is 5.41 Å². The normalized spacial score (nSPS) is 13.7. The molecule has 0 saturated carbocycles. The lowest BCUT2D eigenvalue weighted by Gasteiger charge is -2.31. The molecule has 1 nitrogen and oxygen atoms in total. The summed E-state index contributed by atoms with van der Waals surface area (Å²) < 4.78 is 0. The van der Waals surface area contributed by atoms with Gasteiger partial charge in [-0.25, -0.2) is 0 Å². The van der Waals surface area contributed by atoms with Gasteiger partial charge in [-0.05, 0) is 29.5 Å². The van der Waals surface area contributed by atoms with Gasteiger partial charge in [0.05, 0.1) is 10.0 Å². The van der Waals surface area contributed by atoms with Gasteiger partial charge in [-0.3, -0.25) is 0 Å². The van der Waals surface area contributed by atoms with Crippen molar-refractivity contribution >= 4 is 34.8 Å². The van der Waals surface area contributed by atoms with Crippen LogP contribution >= 0.6 is 34.8 Å². The SMILES string of the molecule is CC(C)(C)C(CCCl)NCc1ccc(Cl)c(Cl)c1. The molecule has 4 heteroatoms. The average Bonchev–Trinajstić information content (AvgIpc) is 2.27. The molecule has 102 valence electrons. The summed E-state index contributed by atoms with van der Waals surface area (Å²) in [6.45, 7) is 7.42. The van der Waals surface area contributed by atoms with Gasteiger partial charge in [-0.1, -0.05) is 50.0 Å². The Labute approximate surface area is 125 Å². The first-order valence-electron chi connectivity index (χ1n) is 6.08. The molecular formula is C14H20Cl3N. The molecule has 0 radical (unpaired) electrons. The highest BCUT2D eigenvalue weighted by atomic mass is 35.5. The molecule has 1 aromatic carbocycles. The van der Waals surface area contributed by atoms with E-state index in [1.807, 2.05) is 18.2 Å². The molecular weight excluding hydrogens is 289 g/mol. The van der Waals surface area contributed by atoms with Gasteiger partial charge < -0.3 is 5.32 Å². The Kier molecular flexibility index (Phi) is 6.26. The molecule has 0 aromatic heterocycles. The minimum atomic E-state index is 0.186. The number of halogens is 3. The van der Waals surface area contributed by atoms with Crippen molar-refractivity contribution in [1.29, 1.82) is 0 Å². The summed E-state index contributed by atoms with van der Waals surface area (Å²) in [4.78, 5) is 0. The first-order chi connectivity index (χ1) is 8.34. The first-order valence-corrected chi connectivity index (χ1v) is 7.37. The van der Waals surface area contributed by atoms with Gasteiger partial charge in [0.25, 0.3) is 0 Å². The van der Waals surface area contributed by atoms with Crippen LogP contribution in [0.1, 0.15) is 32.8 Å². The molecule has 0 saturated heterocycles. The van der Waals surface area contributed by atoms with Gasteiger partial charge in [0.1, 0.15) is 0 Å². The van der Waals surface area contributed by atoms with E-state index in [0.29, 0.717) is 22.0 Å². The number of hydrogen-bond donors (Lipinski definition) is 1. The smallest absolute Gasteiger partial charge is 0.0595 e. The monoisotopic (exact) mass is 307 g/mol. The van der Waals surface area contributed by atoms with Crippen LogP contribution < -0.4 is 5.32 Å². The Hall–Kier alpha value is 0.0500. The van der Waals surface area contributed by atoms with Crippen LogP contribution in [0.15, 0.2) is 18.2 Å². The third-order valence-electron chi connectivity index (χ3n) is 2.98. The molecule has 1 N–H and O–H groups in total. The van der Waals surface area contributed by atoms with E-state index in [9.17, 15) is 0 Å². The quantitative estimate of drug-likeness (QED) is 0.744. The van der Waals surface area contributed by atoms with Crippen molar-refractivity contribution in [3.05, 3.63) is 33.8 Å². The second kappa shape index (κ2) is 7.00. The molecule has 0 bridgehead atoms. The van der Waals surface area contributed by atoms with E-state index in [4.69, 9.17) is 34.8 Å². The summed E-state index contributed by atoms with van der Waals surface area (Å²) in [5.74, 6) is 0.663. The first kappa shape index (κ1) is 16.1. The summed E-state index contributed by atoms with van der Waals surface area (Å²) in [6, 6.07) is 6.09. The van der Waals surface area contributed by atoms with Crippen LogP contribution in [0.5, 0.6) is 0 Å². The van der Waals surface area contributed by atoms with Crippen LogP contribution in [0.2, 0.25) is 10.0 Å². The number of nitrogens with one attached hydrogen (secondary N) is 1. The second-order valence-electron chi connectivity index (χ2n) is 5.53. The highest BCUT2D eigenvalue weighted by Gasteiger charge is 2.23. The van der Waals surface area contributed by atoms with Crippen LogP contribution in [0.25, 0.3) is 0 Å². The van der Waals surface area contributed by atoms with E-state index < -0.39 is 0 Å². The standard InChI is InChI=1S/C14H20Cl3N/c1-14(2,3)13(6-7-15)18-9-10-4-5-11(16)12(17)8-10/h4-5,8,13,18H,6-7,9H2,1-3H3. The van der Waals surface area contributed by atoms with E-state index in [1.165, 1.54) is 0 Å². The zero-order chi connectivity index (χ0) is 13.8.